The summed E-state index contributed by atoms with van der Waals surface area (Å²) in [5, 5.41) is -0.535. The number of halogens is 1. The Balaban J connectivity index is 3.31. The Morgan fingerprint density at radius 2 is 1.79 bits per heavy atom. The lowest BCUT2D eigenvalue weighted by Gasteiger charge is -2.10. The van der Waals surface area contributed by atoms with E-state index in [0.717, 1.165) is 5.56 Å². The summed E-state index contributed by atoms with van der Waals surface area (Å²) in [5.74, 6) is 1.09. The summed E-state index contributed by atoms with van der Waals surface area (Å²) in [7, 11) is 3.04. The van der Waals surface area contributed by atoms with Crippen LogP contribution in [0.2, 0.25) is 0 Å². The number of carbonyl (C=O) groups is 1. The highest BCUT2D eigenvalue weighted by atomic mass is 35.5. The lowest BCUT2D eigenvalue weighted by Crippen LogP contribution is -1.98. The molecule has 1 aromatic rings. The zero-order chi connectivity index (χ0) is 10.7. The van der Waals surface area contributed by atoms with Gasteiger partial charge in [-0.3, -0.25) is 4.79 Å². The number of hydrogen-bond acceptors (Lipinski definition) is 3. The van der Waals surface area contributed by atoms with Gasteiger partial charge in [-0.25, -0.2) is 0 Å². The van der Waals surface area contributed by atoms with Gasteiger partial charge in [0, 0.05) is 6.07 Å². The van der Waals surface area contributed by atoms with Crippen LogP contribution in [-0.2, 0) is 0 Å². The van der Waals surface area contributed by atoms with Crippen LogP contribution >= 0.6 is 11.6 Å². The fraction of sp³-hybridized carbons (Fsp3) is 0.300. The molecule has 0 saturated carbocycles. The molecular formula is C10H11ClO3. The number of ether oxygens (including phenoxy) is 2. The average Bonchev–Trinajstić information content (AvgIpc) is 2.17. The van der Waals surface area contributed by atoms with Crippen molar-refractivity contribution < 1.29 is 14.3 Å². The van der Waals surface area contributed by atoms with E-state index in [0.29, 0.717) is 17.1 Å². The van der Waals surface area contributed by atoms with Gasteiger partial charge in [-0.05, 0) is 30.2 Å². The Morgan fingerprint density at radius 1 is 1.21 bits per heavy atom. The molecule has 0 aliphatic rings. The van der Waals surface area contributed by atoms with Crippen molar-refractivity contribution in [1.82, 2.24) is 0 Å². The minimum Gasteiger partial charge on any atom is -0.496 e. The van der Waals surface area contributed by atoms with Crippen molar-refractivity contribution >= 4 is 16.8 Å². The summed E-state index contributed by atoms with van der Waals surface area (Å²) >= 11 is 5.39. The molecule has 0 bridgehead atoms. The van der Waals surface area contributed by atoms with Gasteiger partial charge in [0.2, 0.25) is 0 Å². The summed E-state index contributed by atoms with van der Waals surface area (Å²) in [6, 6.07) is 3.29. The molecule has 0 aliphatic heterocycles. The van der Waals surface area contributed by atoms with Gasteiger partial charge in [-0.2, -0.15) is 0 Å². The Bertz CT molecular complexity index is 361. The Kier molecular flexibility index (Phi) is 3.36. The Labute approximate surface area is 87.6 Å². The van der Waals surface area contributed by atoms with Crippen molar-refractivity contribution in [1.29, 1.82) is 0 Å². The Hall–Kier alpha value is -1.22. The van der Waals surface area contributed by atoms with Crippen LogP contribution in [0.25, 0.3) is 0 Å². The van der Waals surface area contributed by atoms with E-state index < -0.39 is 5.24 Å². The second-order valence-corrected chi connectivity index (χ2v) is 3.14. The average molecular weight is 215 g/mol. The number of rotatable bonds is 3. The first-order valence-electron chi connectivity index (χ1n) is 4.02. The van der Waals surface area contributed by atoms with Gasteiger partial charge in [-0.1, -0.05) is 0 Å². The van der Waals surface area contributed by atoms with Crippen LogP contribution in [0.5, 0.6) is 11.5 Å². The van der Waals surface area contributed by atoms with Gasteiger partial charge < -0.3 is 9.47 Å². The highest BCUT2D eigenvalue weighted by Gasteiger charge is 2.13. The van der Waals surface area contributed by atoms with Gasteiger partial charge in [0.15, 0.2) is 0 Å². The monoisotopic (exact) mass is 214 g/mol. The fourth-order valence-corrected chi connectivity index (χ4v) is 1.36. The first kappa shape index (κ1) is 10.9. The van der Waals surface area contributed by atoms with Crippen molar-refractivity contribution in [3.05, 3.63) is 23.3 Å². The SMILES string of the molecule is COc1cc(OC)c(C(=O)Cl)cc1C. The molecule has 0 aliphatic carbocycles. The molecule has 0 heterocycles. The molecule has 4 heteroatoms. The predicted molar refractivity (Wildman–Crippen MR) is 54.5 cm³/mol. The number of benzene rings is 1. The molecule has 3 nitrogen and oxygen atoms in total. The topological polar surface area (TPSA) is 35.5 Å². The van der Waals surface area contributed by atoms with E-state index in [4.69, 9.17) is 21.1 Å². The zero-order valence-corrected chi connectivity index (χ0v) is 9.01. The molecule has 0 N–H and O–H groups in total. The smallest absolute Gasteiger partial charge is 0.256 e. The quantitative estimate of drug-likeness (QED) is 0.725. The van der Waals surface area contributed by atoms with Crippen molar-refractivity contribution in [2.45, 2.75) is 6.92 Å². The van der Waals surface area contributed by atoms with E-state index in [2.05, 4.69) is 0 Å². The first-order valence-corrected chi connectivity index (χ1v) is 4.40. The molecule has 76 valence electrons. The van der Waals surface area contributed by atoms with Crippen LogP contribution in [0.1, 0.15) is 15.9 Å². The molecule has 0 spiro atoms. The highest BCUT2D eigenvalue weighted by molar-refractivity contribution is 6.68. The first-order chi connectivity index (χ1) is 6.60. The lowest BCUT2D eigenvalue weighted by atomic mass is 10.1. The summed E-state index contributed by atoms with van der Waals surface area (Å²) < 4.78 is 10.1. The molecule has 14 heavy (non-hydrogen) atoms. The van der Waals surface area contributed by atoms with Crippen molar-refractivity contribution in [3.63, 3.8) is 0 Å². The molecule has 1 rings (SSSR count). The molecular weight excluding hydrogens is 204 g/mol. The van der Waals surface area contributed by atoms with Crippen LogP contribution < -0.4 is 9.47 Å². The van der Waals surface area contributed by atoms with Crippen LogP contribution in [0.4, 0.5) is 0 Å². The maximum Gasteiger partial charge on any atom is 0.256 e. The molecule has 0 saturated heterocycles. The van der Waals surface area contributed by atoms with E-state index in [1.165, 1.54) is 7.11 Å². The van der Waals surface area contributed by atoms with Gasteiger partial charge in [0.25, 0.3) is 5.24 Å². The number of methoxy groups -OCH3 is 2. The summed E-state index contributed by atoms with van der Waals surface area (Å²) in [5.41, 5.74) is 1.20. The van der Waals surface area contributed by atoms with E-state index in [1.807, 2.05) is 6.92 Å². The highest BCUT2D eigenvalue weighted by Crippen LogP contribution is 2.29. The molecule has 0 atom stereocenters. The number of hydrogen-bond donors (Lipinski definition) is 0. The van der Waals surface area contributed by atoms with Crippen molar-refractivity contribution in [2.24, 2.45) is 0 Å². The van der Waals surface area contributed by atoms with Gasteiger partial charge in [-0.15, -0.1) is 0 Å². The van der Waals surface area contributed by atoms with E-state index in [1.54, 1.807) is 19.2 Å². The zero-order valence-electron chi connectivity index (χ0n) is 8.26. The van der Waals surface area contributed by atoms with Crippen LogP contribution in [-0.4, -0.2) is 19.5 Å². The second kappa shape index (κ2) is 4.33. The largest absolute Gasteiger partial charge is 0.496 e. The molecule has 1 aromatic carbocycles. The summed E-state index contributed by atoms with van der Waals surface area (Å²) in [6.07, 6.45) is 0. The fourth-order valence-electron chi connectivity index (χ4n) is 1.21. The third kappa shape index (κ3) is 1.99. The molecule has 0 amide bonds. The van der Waals surface area contributed by atoms with Crippen molar-refractivity contribution in [3.8, 4) is 11.5 Å². The standard InChI is InChI=1S/C10H11ClO3/c1-6-4-7(10(11)12)9(14-3)5-8(6)13-2/h4-5H,1-3H3. The number of aryl methyl sites for hydroxylation is 1. The molecule has 0 fully saturated rings. The Morgan fingerprint density at radius 3 is 2.21 bits per heavy atom. The van der Waals surface area contributed by atoms with Gasteiger partial charge >= 0.3 is 0 Å². The van der Waals surface area contributed by atoms with Crippen molar-refractivity contribution in [2.75, 3.05) is 14.2 Å². The minimum atomic E-state index is -0.535. The summed E-state index contributed by atoms with van der Waals surface area (Å²) in [6.45, 7) is 1.83. The summed E-state index contributed by atoms with van der Waals surface area (Å²) in [4.78, 5) is 11.0. The normalized spacial score (nSPS) is 9.71. The van der Waals surface area contributed by atoms with Gasteiger partial charge in [0.05, 0.1) is 19.8 Å². The van der Waals surface area contributed by atoms with Crippen LogP contribution in [0.3, 0.4) is 0 Å². The predicted octanol–water partition coefficient (Wildman–Crippen LogP) is 2.39. The van der Waals surface area contributed by atoms with E-state index >= 15 is 0 Å². The van der Waals surface area contributed by atoms with Crippen LogP contribution in [0.15, 0.2) is 12.1 Å². The van der Waals surface area contributed by atoms with E-state index in [9.17, 15) is 4.79 Å². The van der Waals surface area contributed by atoms with E-state index in [-0.39, 0.29) is 0 Å². The third-order valence-corrected chi connectivity index (χ3v) is 2.13. The maximum atomic E-state index is 11.0. The molecule has 0 aromatic heterocycles. The second-order valence-electron chi connectivity index (χ2n) is 2.80. The van der Waals surface area contributed by atoms with Gasteiger partial charge in [0.1, 0.15) is 11.5 Å². The third-order valence-electron chi connectivity index (χ3n) is 1.93. The molecule has 0 radical (unpaired) electrons. The minimum absolute atomic E-state index is 0.354. The van der Waals surface area contributed by atoms with Crippen LogP contribution in [0, 0.1) is 6.92 Å². The molecule has 0 unspecified atom stereocenters. The maximum absolute atomic E-state index is 11.0. The lowest BCUT2D eigenvalue weighted by molar-refractivity contribution is 0.107. The number of carbonyl (C=O) groups excluding carboxylic acids is 1.